The van der Waals surface area contributed by atoms with Crippen molar-refractivity contribution in [2.75, 3.05) is 13.2 Å². The highest BCUT2D eigenvalue weighted by atomic mass is 16.4. The van der Waals surface area contributed by atoms with Crippen LogP contribution in [0.4, 0.5) is 0 Å². The predicted molar refractivity (Wildman–Crippen MR) is 110 cm³/mol. The third-order valence-corrected chi connectivity index (χ3v) is 5.31. The van der Waals surface area contributed by atoms with Gasteiger partial charge in [-0.15, -0.1) is 0 Å². The third-order valence-electron chi connectivity index (χ3n) is 5.31. The van der Waals surface area contributed by atoms with E-state index in [1.807, 2.05) is 20.8 Å². The van der Waals surface area contributed by atoms with Crippen molar-refractivity contribution < 1.29 is 29.4 Å². The van der Waals surface area contributed by atoms with Crippen molar-refractivity contribution in [3.05, 3.63) is 0 Å². The maximum absolute atomic E-state index is 13.0. The van der Waals surface area contributed by atoms with E-state index in [0.29, 0.717) is 19.3 Å². The molecule has 10 heteroatoms. The maximum Gasteiger partial charge on any atom is 0.328 e. The van der Waals surface area contributed by atoms with Gasteiger partial charge in [0.05, 0.1) is 12.6 Å². The minimum atomic E-state index is -1.46. The first-order valence-electron chi connectivity index (χ1n) is 10.6. The van der Waals surface area contributed by atoms with Crippen molar-refractivity contribution in [2.45, 2.75) is 77.5 Å². The van der Waals surface area contributed by atoms with Crippen LogP contribution in [0.15, 0.2) is 0 Å². The van der Waals surface area contributed by atoms with Crippen LogP contribution in [0, 0.1) is 11.8 Å². The molecule has 3 amide bonds. The topological polar surface area (TPSA) is 157 Å². The van der Waals surface area contributed by atoms with Crippen molar-refractivity contribution in [3.8, 4) is 0 Å². The summed E-state index contributed by atoms with van der Waals surface area (Å²) >= 11 is 0. The highest BCUT2D eigenvalue weighted by molar-refractivity contribution is 5.94. The molecule has 0 aromatic rings. The number of carbonyl (C=O) groups is 4. The molecule has 0 bridgehead atoms. The largest absolute Gasteiger partial charge is 0.480 e. The summed E-state index contributed by atoms with van der Waals surface area (Å²) in [6.07, 6.45) is 2.55. The molecule has 0 aromatic carbocycles. The molecule has 1 heterocycles. The Morgan fingerprint density at radius 2 is 1.70 bits per heavy atom. The number of carbonyl (C=O) groups excluding carboxylic acids is 3. The van der Waals surface area contributed by atoms with E-state index in [0.717, 1.165) is 13.0 Å². The first-order chi connectivity index (χ1) is 14.1. The van der Waals surface area contributed by atoms with Gasteiger partial charge in [-0.25, -0.2) is 4.79 Å². The SMILES string of the molecule is CCC(C)C(NC(=O)C(CC(C)C)NC(=O)C1CCCN1)C(=O)NC(CO)C(=O)O. The maximum atomic E-state index is 13.0. The lowest BCUT2D eigenvalue weighted by Crippen LogP contribution is -2.59. The van der Waals surface area contributed by atoms with Crippen molar-refractivity contribution in [1.29, 1.82) is 0 Å². The van der Waals surface area contributed by atoms with Gasteiger partial charge >= 0.3 is 5.97 Å². The number of nitrogens with one attached hydrogen (secondary N) is 4. The van der Waals surface area contributed by atoms with Crippen LogP contribution in [0.3, 0.4) is 0 Å². The van der Waals surface area contributed by atoms with Crippen LogP contribution in [-0.2, 0) is 19.2 Å². The van der Waals surface area contributed by atoms with E-state index in [1.165, 1.54) is 0 Å². The molecular weight excluding hydrogens is 392 g/mol. The van der Waals surface area contributed by atoms with E-state index in [2.05, 4.69) is 21.3 Å². The molecule has 0 spiro atoms. The molecule has 5 atom stereocenters. The number of aliphatic carboxylic acids is 1. The van der Waals surface area contributed by atoms with Crippen molar-refractivity contribution in [3.63, 3.8) is 0 Å². The van der Waals surface area contributed by atoms with Gasteiger partial charge in [0, 0.05) is 0 Å². The summed E-state index contributed by atoms with van der Waals surface area (Å²) in [7, 11) is 0. The Hall–Kier alpha value is -2.20. The molecule has 172 valence electrons. The predicted octanol–water partition coefficient (Wildman–Crippen LogP) is -0.638. The average molecular weight is 429 g/mol. The lowest BCUT2D eigenvalue weighted by Gasteiger charge is -2.28. The Morgan fingerprint density at radius 3 is 2.17 bits per heavy atom. The van der Waals surface area contributed by atoms with E-state index in [-0.39, 0.29) is 23.8 Å². The number of hydrogen-bond acceptors (Lipinski definition) is 6. The molecule has 1 saturated heterocycles. The van der Waals surface area contributed by atoms with Gasteiger partial charge in [0.1, 0.15) is 18.1 Å². The Morgan fingerprint density at radius 1 is 1.03 bits per heavy atom. The van der Waals surface area contributed by atoms with E-state index in [1.54, 1.807) is 6.92 Å². The minimum Gasteiger partial charge on any atom is -0.480 e. The number of hydrogen-bond donors (Lipinski definition) is 6. The van der Waals surface area contributed by atoms with E-state index < -0.39 is 42.5 Å². The zero-order valence-electron chi connectivity index (χ0n) is 18.2. The quantitative estimate of drug-likeness (QED) is 0.241. The lowest BCUT2D eigenvalue weighted by molar-refractivity contribution is -0.143. The third kappa shape index (κ3) is 7.91. The Kier molecular flexibility index (Phi) is 10.8. The fourth-order valence-electron chi connectivity index (χ4n) is 3.29. The number of rotatable bonds is 12. The molecule has 6 N–H and O–H groups in total. The van der Waals surface area contributed by atoms with Gasteiger partial charge in [0.25, 0.3) is 0 Å². The number of carboxylic acid groups (broad SMARTS) is 1. The van der Waals surface area contributed by atoms with Crippen LogP contribution in [-0.4, -0.2) is 71.2 Å². The molecule has 1 aliphatic rings. The molecule has 0 aromatic heterocycles. The van der Waals surface area contributed by atoms with Crippen molar-refractivity contribution in [2.24, 2.45) is 11.8 Å². The van der Waals surface area contributed by atoms with E-state index >= 15 is 0 Å². The summed E-state index contributed by atoms with van der Waals surface area (Å²) in [6, 6.07) is -3.60. The fourth-order valence-corrected chi connectivity index (χ4v) is 3.29. The summed E-state index contributed by atoms with van der Waals surface area (Å²) in [5.74, 6) is -2.95. The van der Waals surface area contributed by atoms with Crippen LogP contribution < -0.4 is 21.3 Å². The zero-order valence-corrected chi connectivity index (χ0v) is 18.2. The molecule has 0 saturated carbocycles. The molecule has 1 fully saturated rings. The highest BCUT2D eigenvalue weighted by Gasteiger charge is 2.33. The number of aliphatic hydroxyl groups excluding tert-OH is 1. The Bertz CT molecular complexity index is 606. The summed E-state index contributed by atoms with van der Waals surface area (Å²) in [5, 5.41) is 29.0. The van der Waals surface area contributed by atoms with E-state index in [9.17, 15) is 19.2 Å². The number of aliphatic hydroxyl groups is 1. The monoisotopic (exact) mass is 428 g/mol. The summed E-state index contributed by atoms with van der Waals surface area (Å²) in [5.41, 5.74) is 0. The zero-order chi connectivity index (χ0) is 22.8. The lowest BCUT2D eigenvalue weighted by atomic mass is 9.96. The van der Waals surface area contributed by atoms with Crippen LogP contribution in [0.25, 0.3) is 0 Å². The average Bonchev–Trinajstić information content (AvgIpc) is 3.23. The number of carboxylic acids is 1. The van der Waals surface area contributed by atoms with Crippen LogP contribution >= 0.6 is 0 Å². The second-order valence-electron chi connectivity index (χ2n) is 8.29. The molecule has 0 aliphatic carbocycles. The van der Waals surface area contributed by atoms with Gasteiger partial charge < -0.3 is 31.5 Å². The number of amides is 3. The second kappa shape index (κ2) is 12.5. The smallest absolute Gasteiger partial charge is 0.328 e. The Labute approximate surface area is 177 Å². The first kappa shape index (κ1) is 25.8. The molecule has 5 unspecified atom stereocenters. The van der Waals surface area contributed by atoms with Crippen LogP contribution in [0.5, 0.6) is 0 Å². The van der Waals surface area contributed by atoms with Crippen molar-refractivity contribution >= 4 is 23.7 Å². The van der Waals surface area contributed by atoms with Gasteiger partial charge in [0.2, 0.25) is 17.7 Å². The highest BCUT2D eigenvalue weighted by Crippen LogP contribution is 2.12. The van der Waals surface area contributed by atoms with Gasteiger partial charge in [-0.2, -0.15) is 0 Å². The Balaban J connectivity index is 2.91. The van der Waals surface area contributed by atoms with Gasteiger partial charge in [-0.05, 0) is 37.6 Å². The van der Waals surface area contributed by atoms with E-state index in [4.69, 9.17) is 10.2 Å². The van der Waals surface area contributed by atoms with Crippen LogP contribution in [0.1, 0.15) is 53.4 Å². The molecular formula is C20H36N4O6. The standard InChI is InChI=1S/C20H36N4O6/c1-5-12(4)16(19(28)23-15(10-25)20(29)30)24-18(27)14(9-11(2)3)22-17(26)13-7-6-8-21-13/h11-16,21,25H,5-10H2,1-4H3,(H,22,26)(H,23,28)(H,24,27)(H,29,30). The first-order valence-corrected chi connectivity index (χ1v) is 10.6. The molecule has 1 aliphatic heterocycles. The molecule has 1 rings (SSSR count). The fraction of sp³-hybridized carbons (Fsp3) is 0.800. The van der Waals surface area contributed by atoms with Gasteiger partial charge in [0.15, 0.2) is 0 Å². The normalized spacial score (nSPS) is 20.1. The second-order valence-corrected chi connectivity index (χ2v) is 8.29. The van der Waals surface area contributed by atoms with Crippen LogP contribution in [0.2, 0.25) is 0 Å². The molecule has 10 nitrogen and oxygen atoms in total. The van der Waals surface area contributed by atoms with Gasteiger partial charge in [-0.3, -0.25) is 14.4 Å². The summed E-state index contributed by atoms with van der Waals surface area (Å²) in [6.45, 7) is 7.46. The minimum absolute atomic E-state index is 0.124. The summed E-state index contributed by atoms with van der Waals surface area (Å²) < 4.78 is 0. The van der Waals surface area contributed by atoms with Crippen molar-refractivity contribution in [1.82, 2.24) is 21.3 Å². The summed E-state index contributed by atoms with van der Waals surface area (Å²) in [4.78, 5) is 49.2. The van der Waals surface area contributed by atoms with Gasteiger partial charge in [-0.1, -0.05) is 34.1 Å². The molecule has 30 heavy (non-hydrogen) atoms. The molecule has 0 radical (unpaired) electrons.